The molecule has 1 unspecified atom stereocenters. The van der Waals surface area contributed by atoms with Gasteiger partial charge in [0.25, 0.3) is 0 Å². The second-order valence-corrected chi connectivity index (χ2v) is 2.60. The topological polar surface area (TPSA) is 0 Å². The zero-order valence-electron chi connectivity index (χ0n) is 7.20. The molecule has 2 heteroatoms. The van der Waals surface area contributed by atoms with Crippen LogP contribution in [0.15, 0.2) is 0 Å². The van der Waals surface area contributed by atoms with Gasteiger partial charge in [-0.25, -0.2) is 0 Å². The summed E-state index contributed by atoms with van der Waals surface area (Å²) in [6.45, 7) is 8.32. The second-order valence-electron chi connectivity index (χ2n) is 2.60. The van der Waals surface area contributed by atoms with E-state index in [1.807, 2.05) is 0 Å². The molecule has 0 nitrogen and oxygen atoms in total. The van der Waals surface area contributed by atoms with E-state index in [2.05, 4.69) is 34.4 Å². The summed E-state index contributed by atoms with van der Waals surface area (Å²) in [6, 6.07) is 0. The Labute approximate surface area is 82.2 Å². The molecule has 0 amide bonds. The minimum absolute atomic E-state index is 0.654. The van der Waals surface area contributed by atoms with Gasteiger partial charge in [0.2, 0.25) is 0 Å². The predicted molar refractivity (Wildman–Crippen MR) is 47.6 cm³/mol. The van der Waals surface area contributed by atoms with Crippen molar-refractivity contribution < 1.29 is 16.3 Å². The first-order valence-corrected chi connectivity index (χ1v) is 10.8. The maximum atomic E-state index is 3.91. The molecule has 58 valence electrons. The van der Waals surface area contributed by atoms with Crippen molar-refractivity contribution in [3.05, 3.63) is 6.92 Å². The Hall–Kier alpha value is 1.10. The summed E-state index contributed by atoms with van der Waals surface area (Å²) >= 11 is 4.25. The van der Waals surface area contributed by atoms with Crippen LogP contribution in [0, 0.1) is 12.8 Å². The van der Waals surface area contributed by atoms with Gasteiger partial charge in [-0.3, -0.25) is 0 Å². The molecule has 0 rings (SSSR count). The van der Waals surface area contributed by atoms with Crippen LogP contribution in [-0.4, -0.2) is 0 Å². The van der Waals surface area contributed by atoms with Crippen molar-refractivity contribution in [2.45, 2.75) is 39.5 Å². The van der Waals surface area contributed by atoms with Gasteiger partial charge in [-0.15, -0.1) is 0 Å². The average molecular weight is 259 g/mol. The summed E-state index contributed by atoms with van der Waals surface area (Å²) in [6.07, 6.45) is 5.36. The summed E-state index contributed by atoms with van der Waals surface area (Å²) in [5.41, 5.74) is 0. The molecular weight excluding hydrogens is 241 g/mol. The summed E-state index contributed by atoms with van der Waals surface area (Å²) in [5.74, 6) is 0.654. The zero-order chi connectivity index (χ0) is 8.41. The maximum absolute atomic E-state index is 3.91. The average Bonchev–Trinajstić information content (AvgIpc) is 1.92. The summed E-state index contributed by atoms with van der Waals surface area (Å²) in [7, 11) is 0. The first-order valence-electron chi connectivity index (χ1n) is 3.87. The Morgan fingerprint density at radius 1 is 1.40 bits per heavy atom. The molecule has 0 aromatic carbocycles. The standard InChI is InChI=1S/C8H17.BrH.Zn/c1-4-5-6-7-8(2)3;;/h8H,2,4-7H2,1,3H3;1H;/q-1;;+2/p-1. The summed E-state index contributed by atoms with van der Waals surface area (Å²) in [5, 5.41) is 0. The van der Waals surface area contributed by atoms with Gasteiger partial charge in [0.05, 0.1) is 0 Å². The van der Waals surface area contributed by atoms with E-state index in [9.17, 15) is 0 Å². The SMILES string of the molecule is [CH2-]C(C)CCCCC.[Zn+][Br]. The molecule has 0 bridgehead atoms. The van der Waals surface area contributed by atoms with Gasteiger partial charge in [-0.1, -0.05) is 39.5 Å². The van der Waals surface area contributed by atoms with E-state index < -0.39 is 0 Å². The molecule has 1 atom stereocenters. The summed E-state index contributed by atoms with van der Waals surface area (Å²) in [4.78, 5) is 0. The van der Waals surface area contributed by atoms with E-state index >= 15 is 0 Å². The van der Waals surface area contributed by atoms with Crippen LogP contribution in [0.1, 0.15) is 39.5 Å². The zero-order valence-corrected chi connectivity index (χ0v) is 11.8. The molecular formula is C8H17BrZn. The number of hydrogen-bond donors (Lipinski definition) is 0. The van der Waals surface area contributed by atoms with E-state index in [1.165, 1.54) is 42.0 Å². The molecule has 0 N–H and O–H groups in total. The Bertz CT molecular complexity index is 46.5. The van der Waals surface area contributed by atoms with Crippen LogP contribution in [0.4, 0.5) is 0 Å². The van der Waals surface area contributed by atoms with E-state index in [0.717, 1.165) is 0 Å². The fourth-order valence-electron chi connectivity index (χ4n) is 0.743. The van der Waals surface area contributed by atoms with Crippen LogP contribution in [0.25, 0.3) is 0 Å². The van der Waals surface area contributed by atoms with Crippen molar-refractivity contribution in [1.82, 2.24) is 0 Å². The predicted octanol–water partition coefficient (Wildman–Crippen LogP) is 3.88. The summed E-state index contributed by atoms with van der Waals surface area (Å²) < 4.78 is 0. The fourth-order valence-corrected chi connectivity index (χ4v) is 0.743. The number of rotatable bonds is 4. The van der Waals surface area contributed by atoms with Crippen molar-refractivity contribution in [2.75, 3.05) is 0 Å². The van der Waals surface area contributed by atoms with Crippen LogP contribution in [-0.2, 0) is 16.3 Å². The third-order valence-corrected chi connectivity index (χ3v) is 1.30. The Morgan fingerprint density at radius 3 is 2.20 bits per heavy atom. The normalized spacial score (nSPS) is 11.8. The van der Waals surface area contributed by atoms with Gasteiger partial charge in [0.1, 0.15) is 0 Å². The van der Waals surface area contributed by atoms with Crippen molar-refractivity contribution in [3.63, 3.8) is 0 Å². The first kappa shape index (κ1) is 13.7. The molecule has 0 aromatic rings. The Morgan fingerprint density at radius 2 is 1.90 bits per heavy atom. The molecule has 0 saturated carbocycles. The minimum atomic E-state index is 0.654. The van der Waals surface area contributed by atoms with Crippen molar-refractivity contribution in [1.29, 1.82) is 0 Å². The Balaban J connectivity index is 0. The molecule has 0 aromatic heterocycles. The van der Waals surface area contributed by atoms with E-state index in [0.29, 0.717) is 5.92 Å². The molecule has 0 aliphatic rings. The van der Waals surface area contributed by atoms with Gasteiger partial charge in [0, 0.05) is 0 Å². The van der Waals surface area contributed by atoms with Gasteiger partial charge < -0.3 is 6.92 Å². The van der Waals surface area contributed by atoms with Crippen molar-refractivity contribution >= 4 is 13.6 Å². The quantitative estimate of drug-likeness (QED) is 0.408. The van der Waals surface area contributed by atoms with Crippen LogP contribution >= 0.6 is 13.6 Å². The van der Waals surface area contributed by atoms with E-state index in [4.69, 9.17) is 0 Å². The van der Waals surface area contributed by atoms with Gasteiger partial charge >= 0.3 is 30.0 Å². The molecule has 0 aliphatic heterocycles. The van der Waals surface area contributed by atoms with Crippen molar-refractivity contribution in [3.8, 4) is 0 Å². The van der Waals surface area contributed by atoms with Crippen LogP contribution in [0.3, 0.4) is 0 Å². The van der Waals surface area contributed by atoms with Gasteiger partial charge in [0.15, 0.2) is 0 Å². The number of hydrogen-bond acceptors (Lipinski definition) is 0. The van der Waals surface area contributed by atoms with E-state index in [1.54, 1.807) is 0 Å². The molecule has 0 saturated heterocycles. The monoisotopic (exact) mass is 256 g/mol. The number of unbranched alkanes of at least 4 members (excludes halogenated alkanes) is 2. The molecule has 0 heterocycles. The molecule has 10 heavy (non-hydrogen) atoms. The third-order valence-electron chi connectivity index (χ3n) is 1.30. The van der Waals surface area contributed by atoms with Crippen LogP contribution in [0.2, 0.25) is 0 Å². The molecule has 0 fully saturated rings. The second kappa shape index (κ2) is 12.8. The Kier molecular flexibility index (Phi) is 17.4. The van der Waals surface area contributed by atoms with Crippen molar-refractivity contribution in [2.24, 2.45) is 5.92 Å². The van der Waals surface area contributed by atoms with Gasteiger partial charge in [-0.2, -0.15) is 5.92 Å². The third kappa shape index (κ3) is 16.0. The first-order chi connectivity index (χ1) is 4.77. The van der Waals surface area contributed by atoms with E-state index in [-0.39, 0.29) is 0 Å². The van der Waals surface area contributed by atoms with Gasteiger partial charge in [-0.05, 0) is 0 Å². The fraction of sp³-hybridized carbons (Fsp3) is 0.875. The van der Waals surface area contributed by atoms with Crippen LogP contribution < -0.4 is 0 Å². The molecule has 0 spiro atoms. The molecule has 0 aliphatic carbocycles. The number of halogens is 1. The molecule has 0 radical (unpaired) electrons. The van der Waals surface area contributed by atoms with Crippen LogP contribution in [0.5, 0.6) is 0 Å².